The number of allylic oxidation sites excluding steroid dienone is 3. The molecule has 0 radical (unpaired) electrons. The molecule has 2 heterocycles. The molecule has 220 valence electrons. The van der Waals surface area contributed by atoms with E-state index in [1.807, 2.05) is 0 Å². The van der Waals surface area contributed by atoms with Crippen molar-refractivity contribution in [2.24, 2.45) is 29.1 Å². The maximum Gasteiger partial charge on any atom is 0.333 e. The highest BCUT2D eigenvalue weighted by Crippen LogP contribution is 2.45. The topological polar surface area (TPSA) is 145 Å². The Morgan fingerprint density at radius 2 is 1.82 bits per heavy atom. The molecule has 1 aromatic heterocycles. The van der Waals surface area contributed by atoms with E-state index in [1.54, 1.807) is 13.8 Å². The van der Waals surface area contributed by atoms with Crippen LogP contribution >= 0.6 is 0 Å². The molecule has 40 heavy (non-hydrogen) atoms. The normalized spacial score (nSPS) is 30.2. The first-order valence-corrected chi connectivity index (χ1v) is 14.1. The number of aromatic hydroxyl groups is 2. The molecule has 10 heteroatoms. The molecule has 1 saturated heterocycles. The number of carbonyl (C=O) groups is 3. The van der Waals surface area contributed by atoms with Crippen LogP contribution in [0, 0.1) is 29.1 Å². The van der Waals surface area contributed by atoms with Gasteiger partial charge >= 0.3 is 17.9 Å². The molecule has 1 aromatic rings. The number of cyclic esters (lactones) is 1. The zero-order valence-electron chi connectivity index (χ0n) is 23.6. The van der Waals surface area contributed by atoms with Gasteiger partial charge in [-0.05, 0) is 62.9 Å². The summed E-state index contributed by atoms with van der Waals surface area (Å²) in [7, 11) is 0. The van der Waals surface area contributed by atoms with Crippen LogP contribution in [-0.4, -0.2) is 56.3 Å². The number of carbonyl (C=O) groups excluding carboxylic acids is 3. The van der Waals surface area contributed by atoms with Crippen LogP contribution in [0.15, 0.2) is 35.9 Å². The lowest BCUT2D eigenvalue weighted by atomic mass is 9.65. The maximum absolute atomic E-state index is 13.4. The third kappa shape index (κ3) is 6.89. The average Bonchev–Trinajstić information content (AvgIpc) is 3.18. The van der Waals surface area contributed by atoms with Crippen molar-refractivity contribution in [3.8, 4) is 11.8 Å². The van der Waals surface area contributed by atoms with Crippen molar-refractivity contribution in [1.82, 2.24) is 4.73 Å². The number of hydrogen-bond acceptors (Lipinski definition) is 9. The van der Waals surface area contributed by atoms with Crippen LogP contribution in [0.25, 0.3) is 0 Å². The zero-order chi connectivity index (χ0) is 29.2. The van der Waals surface area contributed by atoms with Gasteiger partial charge in [-0.1, -0.05) is 32.1 Å². The fourth-order valence-electron chi connectivity index (χ4n) is 6.09. The summed E-state index contributed by atoms with van der Waals surface area (Å²) >= 11 is 0. The molecule has 3 N–H and O–H groups in total. The number of aliphatic hydroxyl groups excluding tert-OH is 1. The number of aromatic nitrogens is 1. The average molecular weight is 560 g/mol. The second-order valence-corrected chi connectivity index (χ2v) is 12.2. The summed E-state index contributed by atoms with van der Waals surface area (Å²) in [6.45, 7) is 7.69. The van der Waals surface area contributed by atoms with Gasteiger partial charge in [-0.2, -0.15) is 0 Å². The molecule has 4 rings (SSSR count). The zero-order valence-corrected chi connectivity index (χ0v) is 23.6. The van der Waals surface area contributed by atoms with E-state index in [2.05, 4.69) is 32.1 Å². The van der Waals surface area contributed by atoms with Gasteiger partial charge in [0.15, 0.2) is 0 Å². The minimum absolute atomic E-state index is 0.00942. The molecule has 2 aliphatic carbocycles. The van der Waals surface area contributed by atoms with Crippen molar-refractivity contribution in [3.05, 3.63) is 35.9 Å². The monoisotopic (exact) mass is 559 g/mol. The predicted molar refractivity (Wildman–Crippen MR) is 144 cm³/mol. The van der Waals surface area contributed by atoms with E-state index in [0.717, 1.165) is 12.0 Å². The molecule has 0 unspecified atom stereocenters. The lowest BCUT2D eigenvalue weighted by molar-refractivity contribution is -0.166. The maximum atomic E-state index is 13.4. The number of aliphatic hydroxyl groups is 1. The molecule has 7 atom stereocenters. The number of fused-ring (bicyclic) bond motifs is 1. The molecule has 1 aliphatic heterocycles. The molecule has 0 aromatic carbocycles. The summed E-state index contributed by atoms with van der Waals surface area (Å²) in [5, 5.41) is 29.4. The van der Waals surface area contributed by atoms with Gasteiger partial charge in [-0.15, -0.1) is 4.73 Å². The quantitative estimate of drug-likeness (QED) is 0.385. The summed E-state index contributed by atoms with van der Waals surface area (Å²) in [5.74, 6) is -1.71. The number of ether oxygens (including phenoxy) is 2. The van der Waals surface area contributed by atoms with Crippen LogP contribution in [-0.2, 0) is 23.9 Å². The van der Waals surface area contributed by atoms with E-state index >= 15 is 0 Å². The number of nitrogens with zero attached hydrogens (tertiary/aromatic N) is 1. The van der Waals surface area contributed by atoms with E-state index in [4.69, 9.17) is 14.3 Å². The Hall–Kier alpha value is -3.27. The van der Waals surface area contributed by atoms with Gasteiger partial charge in [0.2, 0.25) is 11.8 Å². The first-order chi connectivity index (χ1) is 18.8. The molecule has 10 nitrogen and oxygen atoms in total. The second kappa shape index (κ2) is 12.1. The summed E-state index contributed by atoms with van der Waals surface area (Å²) in [6.07, 6.45) is 7.78. The third-order valence-corrected chi connectivity index (χ3v) is 8.41. The fourth-order valence-corrected chi connectivity index (χ4v) is 6.09. The number of rotatable bonds is 9. The SMILES string of the molecule is C[C@H]1C=C2C=C[C@H](C)[C@H](CC[C@@H]3C[C@@H](O)CC(=O)O3)[C@H]2[C@@H](OC(=O)C(C)(C)CCC(=O)On2c(O)ccc2O)C1. The van der Waals surface area contributed by atoms with Crippen LogP contribution in [0.3, 0.4) is 0 Å². The molecule has 0 spiro atoms. The molecular formula is C30H41NO9. The van der Waals surface area contributed by atoms with Crippen LogP contribution in [0.1, 0.15) is 72.6 Å². The first-order valence-electron chi connectivity index (χ1n) is 14.1. The Morgan fingerprint density at radius 1 is 1.12 bits per heavy atom. The molecule has 0 saturated carbocycles. The Labute approximate surface area is 234 Å². The van der Waals surface area contributed by atoms with Crippen molar-refractivity contribution >= 4 is 17.9 Å². The van der Waals surface area contributed by atoms with E-state index in [-0.39, 0.29) is 61.1 Å². The lowest BCUT2D eigenvalue weighted by Gasteiger charge is -2.44. The highest BCUT2D eigenvalue weighted by molar-refractivity contribution is 5.78. The Morgan fingerprint density at radius 3 is 2.50 bits per heavy atom. The molecule has 0 bridgehead atoms. The Kier molecular flexibility index (Phi) is 8.97. The minimum atomic E-state index is -0.984. The summed E-state index contributed by atoms with van der Waals surface area (Å²) in [6, 6.07) is 2.38. The Bertz CT molecular complexity index is 1150. The fraction of sp³-hybridized carbons (Fsp3) is 0.633. The van der Waals surface area contributed by atoms with Crippen molar-refractivity contribution in [2.45, 2.75) is 91.0 Å². The van der Waals surface area contributed by atoms with Gasteiger partial charge in [0, 0.05) is 30.9 Å². The van der Waals surface area contributed by atoms with Gasteiger partial charge in [-0.25, -0.2) is 4.79 Å². The summed E-state index contributed by atoms with van der Waals surface area (Å²) in [4.78, 5) is 42.6. The van der Waals surface area contributed by atoms with E-state index in [1.165, 1.54) is 12.1 Å². The molecular weight excluding hydrogens is 518 g/mol. The highest BCUT2D eigenvalue weighted by atomic mass is 16.7. The van der Waals surface area contributed by atoms with E-state index < -0.39 is 35.2 Å². The van der Waals surface area contributed by atoms with Gasteiger partial charge in [-0.3, -0.25) is 9.59 Å². The molecule has 3 aliphatic rings. The van der Waals surface area contributed by atoms with Crippen LogP contribution in [0.2, 0.25) is 0 Å². The van der Waals surface area contributed by atoms with Crippen LogP contribution in [0.4, 0.5) is 0 Å². The van der Waals surface area contributed by atoms with Crippen molar-refractivity contribution in [3.63, 3.8) is 0 Å². The summed E-state index contributed by atoms with van der Waals surface area (Å²) < 4.78 is 12.3. The third-order valence-electron chi connectivity index (χ3n) is 8.41. The summed E-state index contributed by atoms with van der Waals surface area (Å²) in [5.41, 5.74) is 0.163. The van der Waals surface area contributed by atoms with Crippen molar-refractivity contribution in [2.75, 3.05) is 0 Å². The Balaban J connectivity index is 1.40. The minimum Gasteiger partial charge on any atom is -0.492 e. The van der Waals surface area contributed by atoms with Crippen LogP contribution in [0.5, 0.6) is 11.8 Å². The first kappa shape index (κ1) is 29.7. The van der Waals surface area contributed by atoms with E-state index in [0.29, 0.717) is 24.0 Å². The van der Waals surface area contributed by atoms with E-state index in [9.17, 15) is 29.7 Å². The molecule has 0 amide bonds. The largest absolute Gasteiger partial charge is 0.492 e. The van der Waals surface area contributed by atoms with Crippen LogP contribution < -0.4 is 4.84 Å². The number of hydrogen-bond donors (Lipinski definition) is 3. The smallest absolute Gasteiger partial charge is 0.333 e. The highest BCUT2D eigenvalue weighted by Gasteiger charge is 2.43. The van der Waals surface area contributed by atoms with Crippen molar-refractivity contribution in [1.29, 1.82) is 0 Å². The predicted octanol–water partition coefficient (Wildman–Crippen LogP) is 3.82. The van der Waals surface area contributed by atoms with Crippen molar-refractivity contribution < 1.29 is 44.0 Å². The molecule has 1 fully saturated rings. The lowest BCUT2D eigenvalue weighted by Crippen LogP contribution is -2.43. The van der Waals surface area contributed by atoms with Gasteiger partial charge in [0.1, 0.15) is 12.2 Å². The van der Waals surface area contributed by atoms with Gasteiger partial charge < -0.3 is 29.6 Å². The van der Waals surface area contributed by atoms with Gasteiger partial charge in [0.25, 0.3) is 0 Å². The van der Waals surface area contributed by atoms with Gasteiger partial charge in [0.05, 0.1) is 17.9 Å². The second-order valence-electron chi connectivity index (χ2n) is 12.2. The standard InChI is InChI=1S/C30H41NO9/c1-17-13-19-6-5-18(2)22(8-7-21-15-20(32)16-27(36)38-21)28(19)23(14-17)39-29(37)30(3,4)12-11-26(35)40-31-24(33)9-10-25(31)34/h5-6,9-10,13,17-18,20-23,28,32-34H,7-8,11-12,14-16H2,1-4H3/t17-,18-,20+,21+,22-,23-,28-/m0/s1. The number of esters is 2.